The molecule has 3 rings (SSSR count). The third kappa shape index (κ3) is 6.49. The van der Waals surface area contributed by atoms with Crippen LogP contribution in [0.3, 0.4) is 0 Å². The van der Waals surface area contributed by atoms with Crippen LogP contribution >= 0.6 is 23.2 Å². The molecule has 4 unspecified atom stereocenters. The molecule has 0 bridgehead atoms. The molecule has 1 aliphatic heterocycles. The molecule has 2 aromatic rings. The lowest BCUT2D eigenvalue weighted by atomic mass is 9.90. The van der Waals surface area contributed by atoms with Gasteiger partial charge >= 0.3 is 0 Å². The molecule has 1 fully saturated rings. The highest BCUT2D eigenvalue weighted by atomic mass is 35.5. The number of nitrogens with zero attached hydrogens (tertiary/aromatic N) is 2. The second-order valence-corrected chi connectivity index (χ2v) is 9.63. The largest absolute Gasteiger partial charge is 0.382 e. The van der Waals surface area contributed by atoms with Crippen molar-refractivity contribution in [1.29, 1.82) is 0 Å². The van der Waals surface area contributed by atoms with E-state index < -0.39 is 18.0 Å². The van der Waals surface area contributed by atoms with E-state index in [0.717, 1.165) is 11.1 Å². The van der Waals surface area contributed by atoms with E-state index in [1.807, 2.05) is 36.1 Å². The quantitative estimate of drug-likeness (QED) is 0.544. The number of primary amides is 1. The van der Waals surface area contributed by atoms with Crippen LogP contribution in [0.2, 0.25) is 10.0 Å². The second kappa shape index (κ2) is 12.0. The Morgan fingerprint density at radius 2 is 1.65 bits per heavy atom. The van der Waals surface area contributed by atoms with Crippen molar-refractivity contribution < 1.29 is 14.3 Å². The van der Waals surface area contributed by atoms with Gasteiger partial charge in [-0.15, -0.1) is 0 Å². The lowest BCUT2D eigenvalue weighted by molar-refractivity contribution is -0.141. The van der Waals surface area contributed by atoms with E-state index in [1.54, 1.807) is 36.3 Å². The number of carbonyl (C=O) groups excluding carboxylic acids is 2. The summed E-state index contributed by atoms with van der Waals surface area (Å²) in [5.41, 5.74) is 14.1. The standard InChI is InChI=1S/C25H32Cl2N4O3/c1-16(18-5-9-20(27)10-6-18)23(24(29)32)30-11-12-31(21(14-30)15-34-2)25(33)22(28)13-17-3-7-19(26)8-4-17/h3-10,16,21-23H,11-15,28H2,1-2H3,(H2,29,32). The van der Waals surface area contributed by atoms with E-state index >= 15 is 0 Å². The average molecular weight is 507 g/mol. The minimum atomic E-state index is -0.688. The molecule has 34 heavy (non-hydrogen) atoms. The monoisotopic (exact) mass is 506 g/mol. The van der Waals surface area contributed by atoms with Gasteiger partial charge in [0.2, 0.25) is 11.8 Å². The summed E-state index contributed by atoms with van der Waals surface area (Å²) in [4.78, 5) is 29.6. The first-order valence-electron chi connectivity index (χ1n) is 11.3. The number of hydrogen-bond donors (Lipinski definition) is 2. The van der Waals surface area contributed by atoms with E-state index in [2.05, 4.69) is 0 Å². The zero-order valence-electron chi connectivity index (χ0n) is 19.5. The van der Waals surface area contributed by atoms with E-state index in [4.69, 9.17) is 39.4 Å². The molecule has 4 N–H and O–H groups in total. The summed E-state index contributed by atoms with van der Waals surface area (Å²) in [6, 6.07) is 13.3. The van der Waals surface area contributed by atoms with Gasteiger partial charge in [-0.1, -0.05) is 54.4 Å². The Kier molecular flexibility index (Phi) is 9.33. The summed E-state index contributed by atoms with van der Waals surface area (Å²) in [5, 5.41) is 1.27. The smallest absolute Gasteiger partial charge is 0.240 e. The molecule has 1 saturated heterocycles. The fourth-order valence-corrected chi connectivity index (χ4v) is 4.88. The van der Waals surface area contributed by atoms with Crippen LogP contribution in [0.25, 0.3) is 0 Å². The molecule has 0 spiro atoms. The molecule has 2 aromatic carbocycles. The van der Waals surface area contributed by atoms with Gasteiger partial charge in [-0.05, 0) is 41.8 Å². The highest BCUT2D eigenvalue weighted by Gasteiger charge is 2.39. The van der Waals surface area contributed by atoms with Crippen LogP contribution in [0.4, 0.5) is 0 Å². The Bertz CT molecular complexity index is 971. The van der Waals surface area contributed by atoms with Crippen LogP contribution in [0.15, 0.2) is 48.5 Å². The van der Waals surface area contributed by atoms with E-state index in [-0.39, 0.29) is 17.9 Å². The number of amides is 2. The Balaban J connectivity index is 1.73. The van der Waals surface area contributed by atoms with Gasteiger partial charge in [0, 0.05) is 42.7 Å². The van der Waals surface area contributed by atoms with Crippen molar-refractivity contribution in [2.24, 2.45) is 11.5 Å². The van der Waals surface area contributed by atoms with Gasteiger partial charge in [0.1, 0.15) is 0 Å². The van der Waals surface area contributed by atoms with Crippen molar-refractivity contribution in [3.05, 3.63) is 69.7 Å². The van der Waals surface area contributed by atoms with Gasteiger partial charge < -0.3 is 21.1 Å². The Morgan fingerprint density at radius 1 is 1.06 bits per heavy atom. The van der Waals surface area contributed by atoms with E-state index in [9.17, 15) is 9.59 Å². The van der Waals surface area contributed by atoms with Crippen molar-refractivity contribution >= 4 is 35.0 Å². The number of ether oxygens (including phenoxy) is 1. The normalized spacial score (nSPS) is 19.4. The maximum Gasteiger partial charge on any atom is 0.240 e. The number of hydrogen-bond acceptors (Lipinski definition) is 5. The number of benzene rings is 2. The first-order valence-corrected chi connectivity index (χ1v) is 12.0. The predicted octanol–water partition coefficient (Wildman–Crippen LogP) is 2.68. The van der Waals surface area contributed by atoms with Gasteiger partial charge in [-0.25, -0.2) is 0 Å². The van der Waals surface area contributed by atoms with E-state index in [1.165, 1.54) is 0 Å². The number of nitrogens with two attached hydrogens (primary N) is 2. The molecule has 9 heteroatoms. The summed E-state index contributed by atoms with van der Waals surface area (Å²) < 4.78 is 5.41. The van der Waals surface area contributed by atoms with Gasteiger partial charge in [0.15, 0.2) is 0 Å². The van der Waals surface area contributed by atoms with Crippen LogP contribution in [0, 0.1) is 0 Å². The summed E-state index contributed by atoms with van der Waals surface area (Å²) >= 11 is 12.0. The average Bonchev–Trinajstić information content (AvgIpc) is 2.81. The molecule has 4 atom stereocenters. The molecule has 0 saturated carbocycles. The predicted molar refractivity (Wildman–Crippen MR) is 135 cm³/mol. The van der Waals surface area contributed by atoms with Crippen molar-refractivity contribution in [2.75, 3.05) is 33.4 Å². The molecule has 0 aromatic heterocycles. The highest BCUT2D eigenvalue weighted by Crippen LogP contribution is 2.27. The molecule has 1 aliphatic rings. The molecule has 7 nitrogen and oxygen atoms in total. The van der Waals surface area contributed by atoms with Crippen molar-refractivity contribution in [2.45, 2.75) is 37.4 Å². The number of piperazine rings is 1. The van der Waals surface area contributed by atoms with Crippen LogP contribution in [0.1, 0.15) is 24.0 Å². The SMILES string of the molecule is COCC1CN(C(C(N)=O)C(C)c2ccc(Cl)cc2)CCN1C(=O)C(N)Cc1ccc(Cl)cc1. The molecule has 0 radical (unpaired) electrons. The summed E-state index contributed by atoms with van der Waals surface area (Å²) in [5.74, 6) is -0.691. The van der Waals surface area contributed by atoms with Gasteiger partial charge in [0.25, 0.3) is 0 Å². The zero-order chi connectivity index (χ0) is 24.8. The molecule has 2 amide bonds. The van der Waals surface area contributed by atoms with Crippen molar-refractivity contribution in [1.82, 2.24) is 9.80 Å². The molecule has 0 aliphatic carbocycles. The number of rotatable bonds is 9. The third-order valence-electron chi connectivity index (χ3n) is 6.40. The summed E-state index contributed by atoms with van der Waals surface area (Å²) in [7, 11) is 1.59. The Labute approximate surface area is 210 Å². The molecule has 1 heterocycles. The maximum atomic E-state index is 13.2. The van der Waals surface area contributed by atoms with Gasteiger partial charge in [0.05, 0.1) is 24.7 Å². The van der Waals surface area contributed by atoms with Gasteiger partial charge in [-0.3, -0.25) is 14.5 Å². The first kappa shape index (κ1) is 26.4. The summed E-state index contributed by atoms with van der Waals surface area (Å²) in [6.07, 6.45) is 0.410. The number of halogens is 2. The summed E-state index contributed by atoms with van der Waals surface area (Å²) in [6.45, 7) is 3.70. The first-order chi connectivity index (χ1) is 16.2. The molecular weight excluding hydrogens is 475 g/mol. The molecular formula is C25H32Cl2N4O3. The van der Waals surface area contributed by atoms with Crippen LogP contribution < -0.4 is 11.5 Å². The Hall–Kier alpha value is -2.16. The van der Waals surface area contributed by atoms with Crippen LogP contribution in [-0.2, 0) is 20.7 Å². The maximum absolute atomic E-state index is 13.2. The lowest BCUT2D eigenvalue weighted by Crippen LogP contribution is -2.63. The number of methoxy groups -OCH3 is 1. The van der Waals surface area contributed by atoms with Gasteiger partial charge in [-0.2, -0.15) is 0 Å². The van der Waals surface area contributed by atoms with Crippen molar-refractivity contribution in [3.63, 3.8) is 0 Å². The number of carbonyl (C=O) groups is 2. The topological polar surface area (TPSA) is 102 Å². The minimum absolute atomic E-state index is 0.141. The lowest BCUT2D eigenvalue weighted by Gasteiger charge is -2.45. The second-order valence-electron chi connectivity index (χ2n) is 8.76. The van der Waals surface area contributed by atoms with Crippen LogP contribution in [0.5, 0.6) is 0 Å². The Morgan fingerprint density at radius 3 is 2.21 bits per heavy atom. The highest BCUT2D eigenvalue weighted by molar-refractivity contribution is 6.30. The zero-order valence-corrected chi connectivity index (χ0v) is 21.0. The van der Waals surface area contributed by atoms with Crippen LogP contribution in [-0.4, -0.2) is 73.1 Å². The fraction of sp³-hybridized carbons (Fsp3) is 0.440. The fourth-order valence-electron chi connectivity index (χ4n) is 4.62. The molecule has 184 valence electrons. The van der Waals surface area contributed by atoms with Crippen molar-refractivity contribution in [3.8, 4) is 0 Å². The third-order valence-corrected chi connectivity index (χ3v) is 6.90. The minimum Gasteiger partial charge on any atom is -0.382 e. The van der Waals surface area contributed by atoms with E-state index in [0.29, 0.717) is 42.7 Å².